The van der Waals surface area contributed by atoms with Crippen molar-refractivity contribution in [2.75, 3.05) is 0 Å². The number of fused-ring (bicyclic) bond motifs is 4. The molecule has 0 fully saturated rings. The summed E-state index contributed by atoms with van der Waals surface area (Å²) < 4.78 is 23.9. The largest absolute Gasteiger partial charge is 0.483 e. The van der Waals surface area contributed by atoms with Crippen LogP contribution in [0.3, 0.4) is 0 Å². The number of aromatic nitrogens is 4. The van der Waals surface area contributed by atoms with Crippen LogP contribution in [0.25, 0.3) is 72.6 Å². The maximum absolute atomic E-state index is 14.4. The maximum atomic E-state index is 14.4. The van der Waals surface area contributed by atoms with E-state index in [1.165, 1.54) is 16.0 Å². The van der Waals surface area contributed by atoms with Gasteiger partial charge < -0.3 is 14.0 Å². The van der Waals surface area contributed by atoms with Crippen LogP contribution in [-0.4, -0.2) is 32.8 Å². The van der Waals surface area contributed by atoms with Crippen molar-refractivity contribution in [3.63, 3.8) is 0 Å². The van der Waals surface area contributed by atoms with E-state index >= 15 is 0 Å². The Hall–Kier alpha value is -5.21. The third-order valence-corrected chi connectivity index (χ3v) is 14.3. The Balaban J connectivity index is 0.000000172. The van der Waals surface area contributed by atoms with E-state index in [-0.39, 0.29) is 25.9 Å². The fraction of sp³-hybridized carbons (Fsp3) is 0.163. The van der Waals surface area contributed by atoms with E-state index in [2.05, 4.69) is 102 Å². The normalized spacial score (nSPS) is 11.5. The van der Waals surface area contributed by atoms with Gasteiger partial charge in [-0.3, -0.25) is 4.98 Å². The van der Waals surface area contributed by atoms with Gasteiger partial charge in [0.2, 0.25) is 0 Å². The van der Waals surface area contributed by atoms with Crippen LogP contribution in [0, 0.1) is 30.9 Å². The zero-order valence-corrected chi connectivity index (χ0v) is 37.4. The molecule has 5 nitrogen and oxygen atoms in total. The third-order valence-electron chi connectivity index (χ3n) is 10.0. The molecule has 0 aliphatic carbocycles. The average molecular weight is 988 g/mol. The summed E-state index contributed by atoms with van der Waals surface area (Å²) in [6.45, 7) is 6.58. The third kappa shape index (κ3) is 8.29. The molecule has 57 heavy (non-hydrogen) atoms. The van der Waals surface area contributed by atoms with Gasteiger partial charge in [-0.2, -0.15) is 0 Å². The molecule has 287 valence electrons. The van der Waals surface area contributed by atoms with Crippen molar-refractivity contribution in [3.05, 3.63) is 163 Å². The van der Waals surface area contributed by atoms with Gasteiger partial charge in [0.25, 0.3) is 0 Å². The molecule has 9 aromatic rings. The van der Waals surface area contributed by atoms with Crippen molar-refractivity contribution in [2.45, 2.75) is 44.5 Å². The molecule has 0 aliphatic heterocycles. The molecule has 0 unspecified atom stereocenters. The Morgan fingerprint density at radius 2 is 1.54 bits per heavy atom. The van der Waals surface area contributed by atoms with Gasteiger partial charge in [-0.05, 0) is 54.4 Å². The van der Waals surface area contributed by atoms with Crippen LogP contribution in [0.2, 0.25) is 17.3 Å². The number of furan rings is 1. The van der Waals surface area contributed by atoms with Crippen LogP contribution in [0.1, 0.15) is 25.0 Å². The first kappa shape index (κ1) is 40.0. The van der Waals surface area contributed by atoms with Gasteiger partial charge in [0.05, 0.1) is 16.9 Å². The molecule has 0 spiro atoms. The van der Waals surface area contributed by atoms with Crippen LogP contribution < -0.4 is 4.40 Å². The number of benzene rings is 5. The Morgan fingerprint density at radius 3 is 2.28 bits per heavy atom. The molecule has 4 aromatic heterocycles. The van der Waals surface area contributed by atoms with Gasteiger partial charge in [0, 0.05) is 31.2 Å². The molecule has 0 aliphatic rings. The number of nitrogens with zero attached hydrogens (tertiary/aromatic N) is 4. The Bertz CT molecular complexity index is 2830. The molecular weight excluding hydrogens is 944 g/mol. The fourth-order valence-electron chi connectivity index (χ4n) is 7.39. The average Bonchev–Trinajstić information content (AvgIpc) is 3.78. The van der Waals surface area contributed by atoms with Crippen LogP contribution in [0.4, 0.5) is 4.39 Å². The Morgan fingerprint density at radius 1 is 0.825 bits per heavy atom. The van der Waals surface area contributed by atoms with Crippen molar-refractivity contribution in [1.29, 1.82) is 0 Å². The molecule has 0 bridgehead atoms. The number of pyridine rings is 2. The van der Waals surface area contributed by atoms with Crippen LogP contribution in [0.5, 0.6) is 0 Å². The SMILES string of the molecule is CC(C)Cc1cc(-c2[c-]cc(F)c(-c3ccccc3)c2)nc[c]1[Ge]([CH3])([CH3])[CH3].Cc1cccc2oc3n[c-]c(-c4nc5ccccc5n4-c4ccccc4)cc3c12.[Ir]. The minimum Gasteiger partial charge on any atom is -0.483 e. The van der Waals surface area contributed by atoms with E-state index in [9.17, 15) is 4.39 Å². The van der Waals surface area contributed by atoms with Crippen LogP contribution in [0.15, 0.2) is 138 Å². The fourth-order valence-corrected chi connectivity index (χ4v) is 10.7. The van der Waals surface area contributed by atoms with E-state index in [1.807, 2.05) is 84.9 Å². The zero-order valence-electron chi connectivity index (χ0n) is 32.9. The molecule has 0 amide bonds. The number of halogens is 1. The molecule has 0 N–H and O–H groups in total. The van der Waals surface area contributed by atoms with Crippen molar-refractivity contribution >= 4 is 50.8 Å². The van der Waals surface area contributed by atoms with Gasteiger partial charge in [-0.15, -0.1) is 6.07 Å². The summed E-state index contributed by atoms with van der Waals surface area (Å²) in [5, 5.41) is 2.08. The Kier molecular flexibility index (Phi) is 11.7. The number of hydrogen-bond acceptors (Lipinski definition) is 4. The topological polar surface area (TPSA) is 56.7 Å². The van der Waals surface area contributed by atoms with Crippen molar-refractivity contribution in [1.82, 2.24) is 19.5 Å². The van der Waals surface area contributed by atoms with Gasteiger partial charge >= 0.3 is 165 Å². The van der Waals surface area contributed by atoms with Crippen molar-refractivity contribution in [3.8, 4) is 39.5 Å². The summed E-state index contributed by atoms with van der Waals surface area (Å²) >= 11 is -2.00. The van der Waals surface area contributed by atoms with Gasteiger partial charge in [0.1, 0.15) is 11.3 Å². The molecule has 0 saturated heterocycles. The number of rotatable bonds is 7. The molecule has 1 radical (unpaired) electrons. The number of hydrogen-bond donors (Lipinski definition) is 0. The van der Waals surface area contributed by atoms with Gasteiger partial charge in [0.15, 0.2) is 0 Å². The molecule has 4 heterocycles. The zero-order chi connectivity index (χ0) is 39.0. The number of para-hydroxylation sites is 3. The molecule has 0 atom stereocenters. The molecule has 9 rings (SSSR count). The van der Waals surface area contributed by atoms with Crippen molar-refractivity contribution in [2.24, 2.45) is 5.92 Å². The van der Waals surface area contributed by atoms with E-state index in [4.69, 9.17) is 14.4 Å². The number of imidazole rings is 1. The van der Waals surface area contributed by atoms with E-state index in [0.717, 1.165) is 73.3 Å². The predicted octanol–water partition coefficient (Wildman–Crippen LogP) is 12.2. The van der Waals surface area contributed by atoms with Crippen molar-refractivity contribution < 1.29 is 28.9 Å². The smallest absolute Gasteiger partial charge is 0.141 e. The second-order valence-electron chi connectivity index (χ2n) is 15.7. The first-order valence-electron chi connectivity index (χ1n) is 19.1. The van der Waals surface area contributed by atoms with Gasteiger partial charge in [-0.1, -0.05) is 48.0 Å². The second kappa shape index (κ2) is 16.7. The first-order valence-corrected chi connectivity index (χ1v) is 26.4. The summed E-state index contributed by atoms with van der Waals surface area (Å²) in [4.78, 5) is 14.2. The minimum atomic E-state index is -2.00. The summed E-state index contributed by atoms with van der Waals surface area (Å²) in [6, 6.07) is 44.8. The summed E-state index contributed by atoms with van der Waals surface area (Å²) in [5.41, 5.74) is 11.0. The molecular formula is C49H43FGeIrN4O-2. The predicted molar refractivity (Wildman–Crippen MR) is 231 cm³/mol. The standard InChI is InChI=1S/C25H16N3O.C24H27FGeN.Ir/c1-16-8-7-13-22-23(16)19-14-17(15-26-25(19)29-22)24-27-20-11-5-6-12-21(20)28(24)18-9-3-2-4-10-18;1-17(2)13-20-15-24(27-16-23(20)26(3,4)5)19-11-12-22(25)21(14-19)18-9-7-6-8-10-18;/h2-14H,1H3;6-10,12,14-17H,13H2,1-5H3;/q2*-1;. The van der Waals surface area contributed by atoms with E-state index in [1.54, 1.807) is 0 Å². The quantitative estimate of drug-likeness (QED) is 0.118. The maximum Gasteiger partial charge on any atom is 0.141 e. The van der Waals surface area contributed by atoms with Gasteiger partial charge in [-0.25, -0.2) is 0 Å². The van der Waals surface area contributed by atoms with E-state index < -0.39 is 13.3 Å². The molecule has 8 heteroatoms. The number of aryl methyl sites for hydroxylation is 1. The van der Waals surface area contributed by atoms with Crippen LogP contribution in [-0.2, 0) is 26.5 Å². The summed E-state index contributed by atoms with van der Waals surface area (Å²) in [5.74, 6) is 8.35. The summed E-state index contributed by atoms with van der Waals surface area (Å²) in [7, 11) is 0. The first-order chi connectivity index (χ1) is 27.0. The minimum absolute atomic E-state index is 0. The van der Waals surface area contributed by atoms with Crippen LogP contribution >= 0.6 is 0 Å². The molecule has 0 saturated carbocycles. The second-order valence-corrected chi connectivity index (χ2v) is 26.3. The molecule has 5 aromatic carbocycles. The summed E-state index contributed by atoms with van der Waals surface area (Å²) in [6.07, 6.45) is 6.26. The Labute approximate surface area is 349 Å². The monoisotopic (exact) mass is 989 g/mol. The van der Waals surface area contributed by atoms with E-state index in [0.29, 0.717) is 17.2 Å².